The Morgan fingerprint density at radius 3 is 2.39 bits per heavy atom. The molecule has 2 amide bonds. The van der Waals surface area contributed by atoms with Crippen LogP contribution in [-0.2, 0) is 14.3 Å². The molecule has 0 spiro atoms. The lowest BCUT2D eigenvalue weighted by molar-refractivity contribution is -0.139. The van der Waals surface area contributed by atoms with Gasteiger partial charge in [-0.05, 0) is 61.2 Å². The van der Waals surface area contributed by atoms with Crippen molar-refractivity contribution in [2.24, 2.45) is 0 Å². The third-order valence-corrected chi connectivity index (χ3v) is 5.81. The van der Waals surface area contributed by atoms with E-state index in [1.807, 2.05) is 43.3 Å². The second kappa shape index (κ2) is 11.2. The van der Waals surface area contributed by atoms with Crippen LogP contribution < -0.4 is 15.0 Å². The van der Waals surface area contributed by atoms with Crippen LogP contribution in [0.3, 0.4) is 0 Å². The van der Waals surface area contributed by atoms with Gasteiger partial charge in [0, 0.05) is 31.5 Å². The van der Waals surface area contributed by atoms with Gasteiger partial charge in [0.25, 0.3) is 5.91 Å². The first-order valence-corrected chi connectivity index (χ1v) is 11.5. The molecule has 0 bridgehead atoms. The van der Waals surface area contributed by atoms with Crippen molar-refractivity contribution >= 4 is 23.2 Å². The zero-order valence-electron chi connectivity index (χ0n) is 20.3. The first-order valence-electron chi connectivity index (χ1n) is 11.5. The summed E-state index contributed by atoms with van der Waals surface area (Å²) in [5.74, 6) is 0.561. The maximum Gasteiger partial charge on any atom is 0.263 e. The number of anilines is 2. The largest absolute Gasteiger partial charge is 0.481 e. The predicted molar refractivity (Wildman–Crippen MR) is 131 cm³/mol. The molecule has 2 aromatic rings. The molecule has 7 heteroatoms. The van der Waals surface area contributed by atoms with Gasteiger partial charge in [-0.25, -0.2) is 0 Å². The van der Waals surface area contributed by atoms with Crippen molar-refractivity contribution in [3.8, 4) is 5.75 Å². The molecule has 2 aromatic carbocycles. The quantitative estimate of drug-likeness (QED) is 0.658. The summed E-state index contributed by atoms with van der Waals surface area (Å²) in [6, 6.07) is 13.8. The molecule has 1 heterocycles. The number of hydrogen-bond donors (Lipinski definition) is 1. The van der Waals surface area contributed by atoms with Crippen LogP contribution in [-0.4, -0.2) is 62.7 Å². The fraction of sp³-hybridized carbons (Fsp3) is 0.462. The van der Waals surface area contributed by atoms with Gasteiger partial charge in [-0.15, -0.1) is 0 Å². The Morgan fingerprint density at radius 1 is 1.09 bits per heavy atom. The van der Waals surface area contributed by atoms with E-state index in [0.29, 0.717) is 17.4 Å². The molecule has 0 radical (unpaired) electrons. The number of ether oxygens (including phenoxy) is 2. The number of hydrogen-bond acceptors (Lipinski definition) is 5. The van der Waals surface area contributed by atoms with Crippen molar-refractivity contribution in [2.75, 3.05) is 50.1 Å². The van der Waals surface area contributed by atoms with Gasteiger partial charge in [0.05, 0.1) is 19.8 Å². The lowest BCUT2D eigenvalue weighted by Gasteiger charge is -2.29. The maximum absolute atomic E-state index is 12.8. The molecule has 0 aliphatic carbocycles. The molecule has 1 fully saturated rings. The van der Waals surface area contributed by atoms with Crippen LogP contribution in [0.5, 0.6) is 5.75 Å². The number of nitrogens with one attached hydrogen (secondary N) is 1. The van der Waals surface area contributed by atoms with Gasteiger partial charge in [-0.3, -0.25) is 9.59 Å². The van der Waals surface area contributed by atoms with Gasteiger partial charge in [0.2, 0.25) is 5.91 Å². The summed E-state index contributed by atoms with van der Waals surface area (Å²) in [5, 5.41) is 2.86. The summed E-state index contributed by atoms with van der Waals surface area (Å²) in [6.45, 7) is 11.0. The highest BCUT2D eigenvalue weighted by Crippen LogP contribution is 2.25. The third-order valence-electron chi connectivity index (χ3n) is 5.81. The van der Waals surface area contributed by atoms with Crippen molar-refractivity contribution in [3.63, 3.8) is 0 Å². The van der Waals surface area contributed by atoms with E-state index in [9.17, 15) is 9.59 Å². The normalized spacial score (nSPS) is 14.7. The minimum absolute atomic E-state index is 0.0528. The van der Waals surface area contributed by atoms with E-state index in [0.717, 1.165) is 43.1 Å². The lowest BCUT2D eigenvalue weighted by Crippen LogP contribution is -2.42. The van der Waals surface area contributed by atoms with Crippen LogP contribution >= 0.6 is 0 Å². The number of likely N-dealkylation sites (N-methyl/N-ethyl adjacent to an activating group) is 1. The van der Waals surface area contributed by atoms with Crippen molar-refractivity contribution in [1.29, 1.82) is 0 Å². The van der Waals surface area contributed by atoms with Crippen LogP contribution in [0, 0.1) is 6.92 Å². The highest BCUT2D eigenvalue weighted by Gasteiger charge is 2.22. The Balaban J connectivity index is 1.52. The molecule has 1 unspecified atom stereocenters. The zero-order chi connectivity index (χ0) is 24.0. The summed E-state index contributed by atoms with van der Waals surface area (Å²) in [7, 11) is 1.61. The van der Waals surface area contributed by atoms with Gasteiger partial charge in [0.15, 0.2) is 6.10 Å². The maximum atomic E-state index is 12.8. The topological polar surface area (TPSA) is 71.1 Å². The molecule has 7 nitrogen and oxygen atoms in total. The van der Waals surface area contributed by atoms with E-state index in [-0.39, 0.29) is 18.4 Å². The summed E-state index contributed by atoms with van der Waals surface area (Å²) in [4.78, 5) is 28.9. The zero-order valence-corrected chi connectivity index (χ0v) is 20.3. The van der Waals surface area contributed by atoms with Crippen molar-refractivity contribution in [3.05, 3.63) is 53.6 Å². The van der Waals surface area contributed by atoms with Gasteiger partial charge in [0.1, 0.15) is 5.75 Å². The Kier molecular flexibility index (Phi) is 8.33. The first-order chi connectivity index (χ1) is 15.7. The molecule has 1 aliphatic heterocycles. The van der Waals surface area contributed by atoms with Gasteiger partial charge >= 0.3 is 0 Å². The van der Waals surface area contributed by atoms with E-state index < -0.39 is 6.10 Å². The number of nitrogens with zero attached hydrogens (tertiary/aromatic N) is 2. The van der Waals surface area contributed by atoms with Crippen LogP contribution in [0.2, 0.25) is 0 Å². The van der Waals surface area contributed by atoms with E-state index in [1.54, 1.807) is 14.0 Å². The van der Waals surface area contributed by atoms with Gasteiger partial charge in [-0.1, -0.05) is 26.0 Å². The SMILES string of the molecule is Cc1ccc(C(C)C)cc1OC(C)C(=O)N(C)CC(=O)Nc1ccc(N2CCOCC2)cc1. The smallest absolute Gasteiger partial charge is 0.263 e. The Hall–Kier alpha value is -3.06. The summed E-state index contributed by atoms with van der Waals surface area (Å²) in [5.41, 5.74) is 3.93. The molecule has 3 rings (SSSR count). The van der Waals surface area contributed by atoms with Crippen molar-refractivity contribution < 1.29 is 19.1 Å². The van der Waals surface area contributed by atoms with Crippen molar-refractivity contribution in [2.45, 2.75) is 39.7 Å². The van der Waals surface area contributed by atoms with E-state index in [4.69, 9.17) is 9.47 Å². The second-order valence-corrected chi connectivity index (χ2v) is 8.83. The molecule has 0 aromatic heterocycles. The average Bonchev–Trinajstić information content (AvgIpc) is 2.80. The predicted octanol–water partition coefficient (Wildman–Crippen LogP) is 3.82. The fourth-order valence-electron chi connectivity index (χ4n) is 3.72. The fourth-order valence-corrected chi connectivity index (χ4v) is 3.72. The summed E-state index contributed by atoms with van der Waals surface area (Å²) >= 11 is 0. The first kappa shape index (κ1) is 24.6. The molecule has 1 N–H and O–H groups in total. The number of carbonyl (C=O) groups is 2. The monoisotopic (exact) mass is 453 g/mol. The highest BCUT2D eigenvalue weighted by atomic mass is 16.5. The Labute approximate surface area is 196 Å². The number of carbonyl (C=O) groups excluding carboxylic acids is 2. The highest BCUT2D eigenvalue weighted by molar-refractivity contribution is 5.95. The van der Waals surface area contributed by atoms with Crippen LogP contribution in [0.4, 0.5) is 11.4 Å². The van der Waals surface area contributed by atoms with Crippen molar-refractivity contribution in [1.82, 2.24) is 4.90 Å². The molecule has 0 saturated carbocycles. The Morgan fingerprint density at radius 2 is 1.76 bits per heavy atom. The standard InChI is InChI=1S/C26H35N3O4/c1-18(2)21-7-6-19(3)24(16-21)33-20(4)26(31)28(5)17-25(30)27-22-8-10-23(11-9-22)29-12-14-32-15-13-29/h6-11,16,18,20H,12-15,17H2,1-5H3,(H,27,30). The molecule has 33 heavy (non-hydrogen) atoms. The minimum atomic E-state index is -0.697. The van der Waals surface area contributed by atoms with Crippen LogP contribution in [0.25, 0.3) is 0 Å². The van der Waals surface area contributed by atoms with Gasteiger partial charge < -0.3 is 24.6 Å². The number of morpholine rings is 1. The molecular formula is C26H35N3O4. The number of amides is 2. The average molecular weight is 454 g/mol. The number of benzene rings is 2. The number of aryl methyl sites for hydroxylation is 1. The summed E-state index contributed by atoms with van der Waals surface area (Å²) in [6.07, 6.45) is -0.697. The van der Waals surface area contributed by atoms with Crippen LogP contribution in [0.15, 0.2) is 42.5 Å². The van der Waals surface area contributed by atoms with E-state index in [1.165, 1.54) is 4.90 Å². The molecule has 1 atom stereocenters. The minimum Gasteiger partial charge on any atom is -0.481 e. The van der Waals surface area contributed by atoms with E-state index in [2.05, 4.69) is 30.1 Å². The molecular weight excluding hydrogens is 418 g/mol. The lowest BCUT2D eigenvalue weighted by atomic mass is 10.0. The molecule has 178 valence electrons. The van der Waals surface area contributed by atoms with Gasteiger partial charge in [-0.2, -0.15) is 0 Å². The Bertz CT molecular complexity index is 953. The number of rotatable bonds is 8. The van der Waals surface area contributed by atoms with E-state index >= 15 is 0 Å². The third kappa shape index (κ3) is 6.71. The van der Waals surface area contributed by atoms with Crippen LogP contribution in [0.1, 0.15) is 37.8 Å². The summed E-state index contributed by atoms with van der Waals surface area (Å²) < 4.78 is 11.3. The second-order valence-electron chi connectivity index (χ2n) is 8.83. The molecule has 1 saturated heterocycles. The molecule has 1 aliphatic rings.